The molecule has 116 valence electrons. The minimum atomic E-state index is -0.487. The van der Waals surface area contributed by atoms with E-state index in [2.05, 4.69) is 5.16 Å². The summed E-state index contributed by atoms with van der Waals surface area (Å²) in [6, 6.07) is -0.0731. The van der Waals surface area contributed by atoms with Crippen LogP contribution in [0, 0.1) is 6.92 Å². The SMILES string of the molecule is CC(=O)ON(C(=O)c1conc1C)C1CCCCCCC1. The van der Waals surface area contributed by atoms with Crippen molar-refractivity contribution in [3.63, 3.8) is 0 Å². The number of carbonyl (C=O) groups is 2. The molecule has 0 bridgehead atoms. The summed E-state index contributed by atoms with van der Waals surface area (Å²) >= 11 is 0. The molecule has 1 aromatic heterocycles. The number of aromatic nitrogens is 1. The van der Waals surface area contributed by atoms with Crippen LogP contribution in [0.2, 0.25) is 0 Å². The van der Waals surface area contributed by atoms with Crippen LogP contribution in [0.4, 0.5) is 0 Å². The fourth-order valence-electron chi connectivity index (χ4n) is 2.71. The molecule has 0 N–H and O–H groups in total. The van der Waals surface area contributed by atoms with E-state index in [0.29, 0.717) is 11.3 Å². The fraction of sp³-hybridized carbons (Fsp3) is 0.667. The highest BCUT2D eigenvalue weighted by Crippen LogP contribution is 2.24. The van der Waals surface area contributed by atoms with Crippen molar-refractivity contribution in [1.82, 2.24) is 10.2 Å². The van der Waals surface area contributed by atoms with Gasteiger partial charge < -0.3 is 9.36 Å². The number of hydrogen-bond donors (Lipinski definition) is 0. The molecule has 0 atom stereocenters. The Kier molecular flexibility index (Phi) is 5.36. The van der Waals surface area contributed by atoms with Gasteiger partial charge in [-0.3, -0.25) is 9.59 Å². The lowest BCUT2D eigenvalue weighted by Crippen LogP contribution is -2.42. The van der Waals surface area contributed by atoms with E-state index in [-0.39, 0.29) is 11.9 Å². The minimum absolute atomic E-state index is 0.0731. The van der Waals surface area contributed by atoms with Crippen molar-refractivity contribution in [3.8, 4) is 0 Å². The van der Waals surface area contributed by atoms with Gasteiger partial charge in [0.25, 0.3) is 5.91 Å². The average Bonchev–Trinajstić information content (AvgIpc) is 2.81. The topological polar surface area (TPSA) is 72.6 Å². The zero-order valence-electron chi connectivity index (χ0n) is 12.6. The summed E-state index contributed by atoms with van der Waals surface area (Å²) in [4.78, 5) is 29.2. The quantitative estimate of drug-likeness (QED) is 0.784. The molecule has 1 aliphatic rings. The number of carbonyl (C=O) groups excluding carboxylic acids is 2. The summed E-state index contributed by atoms with van der Waals surface area (Å²) in [5, 5.41) is 4.94. The normalized spacial score (nSPS) is 16.9. The highest BCUT2D eigenvalue weighted by atomic mass is 16.7. The predicted molar refractivity (Wildman–Crippen MR) is 75.3 cm³/mol. The van der Waals surface area contributed by atoms with Crippen LogP contribution in [0.25, 0.3) is 0 Å². The van der Waals surface area contributed by atoms with E-state index < -0.39 is 5.97 Å². The molecular formula is C15H22N2O4. The van der Waals surface area contributed by atoms with Gasteiger partial charge in [-0.05, 0) is 19.8 Å². The molecule has 0 aromatic carbocycles. The second-order valence-electron chi connectivity index (χ2n) is 5.53. The molecule has 0 saturated heterocycles. The van der Waals surface area contributed by atoms with Crippen LogP contribution in [-0.2, 0) is 9.63 Å². The Morgan fingerprint density at radius 3 is 2.38 bits per heavy atom. The smallest absolute Gasteiger partial charge is 0.329 e. The number of hydrogen-bond acceptors (Lipinski definition) is 5. The summed E-state index contributed by atoms with van der Waals surface area (Å²) in [6.45, 7) is 3.00. The number of hydroxylamine groups is 2. The van der Waals surface area contributed by atoms with Gasteiger partial charge in [0.1, 0.15) is 11.8 Å². The standard InChI is InChI=1S/C15H22N2O4/c1-11-14(10-20-16-11)15(19)17(21-12(2)18)13-8-6-4-3-5-7-9-13/h10,13H,3-9H2,1-2H3. The van der Waals surface area contributed by atoms with E-state index in [9.17, 15) is 9.59 Å². The summed E-state index contributed by atoms with van der Waals surface area (Å²) in [5.41, 5.74) is 0.848. The second kappa shape index (κ2) is 7.24. The van der Waals surface area contributed by atoms with E-state index in [4.69, 9.17) is 9.36 Å². The molecule has 1 amide bonds. The Labute approximate surface area is 124 Å². The van der Waals surface area contributed by atoms with Crippen molar-refractivity contribution in [3.05, 3.63) is 17.5 Å². The number of rotatable bonds is 2. The van der Waals surface area contributed by atoms with Crippen molar-refractivity contribution in [2.75, 3.05) is 0 Å². The zero-order valence-corrected chi connectivity index (χ0v) is 12.6. The average molecular weight is 294 g/mol. The molecule has 1 fully saturated rings. The highest BCUT2D eigenvalue weighted by Gasteiger charge is 2.30. The summed E-state index contributed by atoms with van der Waals surface area (Å²) in [7, 11) is 0. The van der Waals surface area contributed by atoms with Gasteiger partial charge in [0.2, 0.25) is 0 Å². The van der Waals surface area contributed by atoms with Crippen LogP contribution < -0.4 is 0 Å². The maximum absolute atomic E-state index is 12.6. The number of aryl methyl sites for hydroxylation is 1. The van der Waals surface area contributed by atoms with Crippen molar-refractivity contribution in [1.29, 1.82) is 0 Å². The third-order valence-corrected chi connectivity index (χ3v) is 3.81. The molecule has 1 saturated carbocycles. The maximum Gasteiger partial charge on any atom is 0.329 e. The Balaban J connectivity index is 2.18. The van der Waals surface area contributed by atoms with E-state index in [1.54, 1.807) is 6.92 Å². The molecule has 6 nitrogen and oxygen atoms in total. The lowest BCUT2D eigenvalue weighted by Gasteiger charge is -2.30. The van der Waals surface area contributed by atoms with Crippen LogP contribution >= 0.6 is 0 Å². The molecule has 1 heterocycles. The summed E-state index contributed by atoms with van der Waals surface area (Å²) < 4.78 is 4.82. The van der Waals surface area contributed by atoms with Crippen molar-refractivity contribution < 1.29 is 18.9 Å². The Morgan fingerprint density at radius 1 is 1.24 bits per heavy atom. The van der Waals surface area contributed by atoms with Crippen molar-refractivity contribution >= 4 is 11.9 Å². The first-order valence-electron chi connectivity index (χ1n) is 7.52. The van der Waals surface area contributed by atoms with Crippen LogP contribution in [-0.4, -0.2) is 28.1 Å². The first kappa shape index (κ1) is 15.5. The molecule has 1 aromatic rings. The first-order valence-corrected chi connectivity index (χ1v) is 7.52. The fourth-order valence-corrected chi connectivity index (χ4v) is 2.71. The van der Waals surface area contributed by atoms with Gasteiger partial charge in [0.15, 0.2) is 0 Å². The number of amides is 1. The predicted octanol–water partition coefficient (Wildman–Crippen LogP) is 3.02. The van der Waals surface area contributed by atoms with Gasteiger partial charge in [-0.15, -0.1) is 0 Å². The first-order chi connectivity index (χ1) is 10.1. The molecule has 2 rings (SSSR count). The highest BCUT2D eigenvalue weighted by molar-refractivity contribution is 5.95. The van der Waals surface area contributed by atoms with Gasteiger partial charge >= 0.3 is 5.97 Å². The molecule has 0 aliphatic heterocycles. The van der Waals surface area contributed by atoms with E-state index >= 15 is 0 Å². The minimum Gasteiger partial charge on any atom is -0.364 e. The van der Waals surface area contributed by atoms with Gasteiger partial charge in [0, 0.05) is 6.92 Å². The molecule has 0 unspecified atom stereocenters. The van der Waals surface area contributed by atoms with Gasteiger partial charge in [-0.2, -0.15) is 5.06 Å². The molecule has 1 aliphatic carbocycles. The molecular weight excluding hydrogens is 272 g/mol. The number of nitrogens with zero attached hydrogens (tertiary/aromatic N) is 2. The monoisotopic (exact) mass is 294 g/mol. The van der Waals surface area contributed by atoms with Crippen LogP contribution in [0.3, 0.4) is 0 Å². The summed E-state index contributed by atoms with van der Waals surface area (Å²) in [6.07, 6.45) is 8.63. The molecule has 21 heavy (non-hydrogen) atoms. The van der Waals surface area contributed by atoms with Gasteiger partial charge in [-0.1, -0.05) is 37.3 Å². The Morgan fingerprint density at radius 2 is 1.86 bits per heavy atom. The Hall–Kier alpha value is -1.85. The van der Waals surface area contributed by atoms with E-state index in [1.165, 1.54) is 24.7 Å². The third-order valence-electron chi connectivity index (χ3n) is 3.81. The molecule has 0 spiro atoms. The largest absolute Gasteiger partial charge is 0.364 e. The molecule has 0 radical (unpaired) electrons. The summed E-state index contributed by atoms with van der Waals surface area (Å²) in [5.74, 6) is -0.839. The lowest BCUT2D eigenvalue weighted by molar-refractivity contribution is -0.184. The van der Waals surface area contributed by atoms with Gasteiger partial charge in [-0.25, -0.2) is 0 Å². The van der Waals surface area contributed by atoms with Gasteiger partial charge in [0.05, 0.1) is 11.7 Å². The van der Waals surface area contributed by atoms with E-state index in [1.807, 2.05) is 0 Å². The van der Waals surface area contributed by atoms with E-state index in [0.717, 1.165) is 38.5 Å². The lowest BCUT2D eigenvalue weighted by atomic mass is 9.96. The maximum atomic E-state index is 12.6. The molecule has 6 heteroatoms. The van der Waals surface area contributed by atoms with Crippen LogP contribution in [0.15, 0.2) is 10.8 Å². The van der Waals surface area contributed by atoms with Crippen molar-refractivity contribution in [2.45, 2.75) is 64.8 Å². The third kappa shape index (κ3) is 4.06. The van der Waals surface area contributed by atoms with Crippen LogP contribution in [0.1, 0.15) is 67.9 Å². The zero-order chi connectivity index (χ0) is 15.2. The van der Waals surface area contributed by atoms with Crippen LogP contribution in [0.5, 0.6) is 0 Å². The Bertz CT molecular complexity index is 490. The second-order valence-corrected chi connectivity index (χ2v) is 5.53. The van der Waals surface area contributed by atoms with Crippen molar-refractivity contribution in [2.24, 2.45) is 0 Å².